The van der Waals surface area contributed by atoms with Gasteiger partial charge in [-0.1, -0.05) is 29.8 Å². The lowest BCUT2D eigenvalue weighted by Crippen LogP contribution is -2.29. The van der Waals surface area contributed by atoms with Crippen molar-refractivity contribution < 1.29 is 9.32 Å². The van der Waals surface area contributed by atoms with E-state index in [-0.39, 0.29) is 12.5 Å². The first-order chi connectivity index (χ1) is 13.3. The Balaban J connectivity index is 1.30. The fourth-order valence-electron chi connectivity index (χ4n) is 3.22. The monoisotopic (exact) mass is 382 g/mol. The molecule has 0 radical (unpaired) electrons. The summed E-state index contributed by atoms with van der Waals surface area (Å²) in [4.78, 5) is 20.1. The number of likely N-dealkylation sites (tertiary alicyclic amines) is 1. The number of rotatable bonds is 6. The number of hydrogen-bond acceptors (Lipinski definition) is 6. The molecule has 2 aromatic heterocycles. The summed E-state index contributed by atoms with van der Waals surface area (Å²) >= 11 is 1.54. The van der Waals surface area contributed by atoms with Gasteiger partial charge in [0.15, 0.2) is 5.82 Å². The van der Waals surface area contributed by atoms with Gasteiger partial charge in [0.1, 0.15) is 0 Å². The molecule has 1 fully saturated rings. The van der Waals surface area contributed by atoms with E-state index in [9.17, 15) is 4.79 Å². The van der Waals surface area contributed by atoms with Crippen LogP contribution in [0.1, 0.15) is 41.0 Å². The van der Waals surface area contributed by atoms with Crippen LogP contribution in [-0.2, 0) is 13.1 Å². The van der Waals surface area contributed by atoms with Crippen molar-refractivity contribution in [2.75, 3.05) is 13.1 Å². The number of hydrogen-bond donors (Lipinski definition) is 1. The molecule has 1 amide bonds. The molecule has 0 unspecified atom stereocenters. The Morgan fingerprint density at radius 2 is 1.96 bits per heavy atom. The molecule has 3 heterocycles. The van der Waals surface area contributed by atoms with Crippen molar-refractivity contribution >= 4 is 17.2 Å². The summed E-state index contributed by atoms with van der Waals surface area (Å²) in [7, 11) is 0. The van der Waals surface area contributed by atoms with Crippen LogP contribution in [-0.4, -0.2) is 34.0 Å². The van der Waals surface area contributed by atoms with Crippen molar-refractivity contribution in [1.82, 2.24) is 20.4 Å². The Kier molecular flexibility index (Phi) is 5.60. The molecule has 7 heteroatoms. The van der Waals surface area contributed by atoms with Gasteiger partial charge in [0.25, 0.3) is 11.8 Å². The SMILES string of the molecule is O=C(NCc1noc(-c2cccs2)n1)c1ccc(CN2CCCCC2)cc1. The Morgan fingerprint density at radius 1 is 1.15 bits per heavy atom. The number of benzene rings is 1. The Bertz CT molecular complexity index is 868. The first-order valence-electron chi connectivity index (χ1n) is 9.24. The highest BCUT2D eigenvalue weighted by molar-refractivity contribution is 7.13. The van der Waals surface area contributed by atoms with E-state index in [1.807, 2.05) is 41.8 Å². The lowest BCUT2D eigenvalue weighted by molar-refractivity contribution is 0.0949. The van der Waals surface area contributed by atoms with Crippen LogP contribution in [0.15, 0.2) is 46.3 Å². The van der Waals surface area contributed by atoms with Gasteiger partial charge in [-0.2, -0.15) is 4.98 Å². The largest absolute Gasteiger partial charge is 0.345 e. The van der Waals surface area contributed by atoms with Gasteiger partial charge in [0, 0.05) is 12.1 Å². The average Bonchev–Trinajstić information content (AvgIpc) is 3.39. The summed E-state index contributed by atoms with van der Waals surface area (Å²) in [5, 5.41) is 8.72. The molecule has 1 aliphatic heterocycles. The molecular weight excluding hydrogens is 360 g/mol. The number of carbonyl (C=O) groups is 1. The Hall–Kier alpha value is -2.51. The maximum Gasteiger partial charge on any atom is 0.268 e. The summed E-state index contributed by atoms with van der Waals surface area (Å²) in [6.07, 6.45) is 3.90. The molecular formula is C20H22N4O2S. The fourth-order valence-corrected chi connectivity index (χ4v) is 3.87. The summed E-state index contributed by atoms with van der Waals surface area (Å²) in [6.45, 7) is 3.53. The number of aromatic nitrogens is 2. The van der Waals surface area contributed by atoms with Gasteiger partial charge in [0.05, 0.1) is 11.4 Å². The zero-order valence-electron chi connectivity index (χ0n) is 15.1. The second-order valence-corrected chi connectivity index (χ2v) is 7.66. The summed E-state index contributed by atoms with van der Waals surface area (Å²) in [5.74, 6) is 0.812. The van der Waals surface area contributed by atoms with Crippen LogP contribution >= 0.6 is 11.3 Å². The number of piperidine rings is 1. The highest BCUT2D eigenvalue weighted by Crippen LogP contribution is 2.22. The van der Waals surface area contributed by atoms with E-state index < -0.39 is 0 Å². The van der Waals surface area contributed by atoms with Crippen LogP contribution in [0.5, 0.6) is 0 Å². The molecule has 0 aliphatic carbocycles. The standard InChI is InChI=1S/C20H22N4O2S/c25-19(21-13-18-22-20(26-23-18)17-5-4-12-27-17)16-8-6-15(7-9-16)14-24-10-2-1-3-11-24/h4-9,12H,1-3,10-11,13-14H2,(H,21,25). The third-order valence-corrected chi connectivity index (χ3v) is 5.54. The second kappa shape index (κ2) is 8.45. The highest BCUT2D eigenvalue weighted by atomic mass is 32.1. The van der Waals surface area contributed by atoms with Gasteiger partial charge in [-0.05, 0) is 55.1 Å². The molecule has 1 aliphatic rings. The van der Waals surface area contributed by atoms with Crippen molar-refractivity contribution in [3.63, 3.8) is 0 Å². The van der Waals surface area contributed by atoms with E-state index in [4.69, 9.17) is 4.52 Å². The maximum absolute atomic E-state index is 12.3. The normalized spacial score (nSPS) is 15.0. The molecule has 27 heavy (non-hydrogen) atoms. The van der Waals surface area contributed by atoms with Crippen LogP contribution in [0, 0.1) is 0 Å². The van der Waals surface area contributed by atoms with E-state index in [2.05, 4.69) is 20.4 Å². The maximum atomic E-state index is 12.3. The van der Waals surface area contributed by atoms with E-state index >= 15 is 0 Å². The minimum absolute atomic E-state index is 0.137. The predicted octanol–water partition coefficient (Wildman–Crippen LogP) is 3.71. The van der Waals surface area contributed by atoms with Crippen molar-refractivity contribution in [2.24, 2.45) is 0 Å². The Labute approximate surface area is 162 Å². The molecule has 3 aromatic rings. The van der Waals surface area contributed by atoms with E-state index in [0.29, 0.717) is 17.3 Å². The lowest BCUT2D eigenvalue weighted by Gasteiger charge is -2.26. The van der Waals surface area contributed by atoms with Gasteiger partial charge in [-0.15, -0.1) is 11.3 Å². The number of thiophene rings is 1. The van der Waals surface area contributed by atoms with Crippen molar-refractivity contribution in [2.45, 2.75) is 32.4 Å². The predicted molar refractivity (Wildman–Crippen MR) is 104 cm³/mol. The van der Waals surface area contributed by atoms with Crippen LogP contribution in [0.2, 0.25) is 0 Å². The number of nitrogens with zero attached hydrogens (tertiary/aromatic N) is 3. The summed E-state index contributed by atoms with van der Waals surface area (Å²) in [6, 6.07) is 11.7. The van der Waals surface area contributed by atoms with Gasteiger partial charge in [-0.3, -0.25) is 9.69 Å². The first-order valence-corrected chi connectivity index (χ1v) is 10.1. The van der Waals surface area contributed by atoms with Crippen molar-refractivity contribution in [3.8, 4) is 10.8 Å². The molecule has 0 saturated carbocycles. The summed E-state index contributed by atoms with van der Waals surface area (Å²) in [5.41, 5.74) is 1.88. The van der Waals surface area contributed by atoms with Crippen molar-refractivity contribution in [3.05, 3.63) is 58.7 Å². The number of amides is 1. The fraction of sp³-hybridized carbons (Fsp3) is 0.350. The molecule has 1 aromatic carbocycles. The molecule has 1 N–H and O–H groups in total. The van der Waals surface area contributed by atoms with E-state index in [1.165, 1.54) is 49.3 Å². The highest BCUT2D eigenvalue weighted by Gasteiger charge is 2.13. The number of carbonyl (C=O) groups excluding carboxylic acids is 1. The average molecular weight is 382 g/mol. The van der Waals surface area contributed by atoms with Crippen LogP contribution in [0.3, 0.4) is 0 Å². The summed E-state index contributed by atoms with van der Waals surface area (Å²) < 4.78 is 5.23. The zero-order chi connectivity index (χ0) is 18.5. The van der Waals surface area contributed by atoms with E-state index in [1.54, 1.807) is 0 Å². The van der Waals surface area contributed by atoms with Gasteiger partial charge >= 0.3 is 0 Å². The molecule has 6 nitrogen and oxygen atoms in total. The smallest absolute Gasteiger partial charge is 0.268 e. The topological polar surface area (TPSA) is 71.3 Å². The molecule has 0 spiro atoms. The molecule has 4 rings (SSSR count). The van der Waals surface area contributed by atoms with Crippen LogP contribution in [0.4, 0.5) is 0 Å². The van der Waals surface area contributed by atoms with Crippen LogP contribution < -0.4 is 5.32 Å². The van der Waals surface area contributed by atoms with Crippen molar-refractivity contribution in [1.29, 1.82) is 0 Å². The first kappa shape index (κ1) is 17.9. The number of nitrogens with one attached hydrogen (secondary N) is 1. The van der Waals surface area contributed by atoms with Gasteiger partial charge in [0.2, 0.25) is 0 Å². The quantitative estimate of drug-likeness (QED) is 0.704. The van der Waals surface area contributed by atoms with Crippen LogP contribution in [0.25, 0.3) is 10.8 Å². The molecule has 0 atom stereocenters. The second-order valence-electron chi connectivity index (χ2n) is 6.71. The third-order valence-electron chi connectivity index (χ3n) is 4.68. The molecule has 1 saturated heterocycles. The van der Waals surface area contributed by atoms with Gasteiger partial charge < -0.3 is 9.84 Å². The minimum atomic E-state index is -0.137. The third kappa shape index (κ3) is 4.61. The Morgan fingerprint density at radius 3 is 2.70 bits per heavy atom. The minimum Gasteiger partial charge on any atom is -0.345 e. The van der Waals surface area contributed by atoms with E-state index in [0.717, 1.165) is 11.4 Å². The molecule has 140 valence electrons. The lowest BCUT2D eigenvalue weighted by atomic mass is 10.1. The zero-order valence-corrected chi connectivity index (χ0v) is 15.9. The van der Waals surface area contributed by atoms with Gasteiger partial charge in [-0.25, -0.2) is 0 Å². The molecule has 0 bridgehead atoms.